The molecule has 0 radical (unpaired) electrons. The first kappa shape index (κ1) is 15.3. The first-order chi connectivity index (χ1) is 10.2. The van der Waals surface area contributed by atoms with Crippen molar-refractivity contribution in [2.24, 2.45) is 5.92 Å². The second kappa shape index (κ2) is 7.09. The van der Waals surface area contributed by atoms with Crippen LogP contribution in [0.25, 0.3) is 0 Å². The highest BCUT2D eigenvalue weighted by atomic mass is 79.9. The molecule has 1 atom stereocenters. The molecule has 0 amide bonds. The van der Waals surface area contributed by atoms with Gasteiger partial charge < -0.3 is 19.9 Å². The highest BCUT2D eigenvalue weighted by Crippen LogP contribution is 2.32. The largest absolute Gasteiger partial charge is 0.493 e. The second-order valence-corrected chi connectivity index (χ2v) is 6.83. The highest BCUT2D eigenvalue weighted by molar-refractivity contribution is 9.10. The molecular weight excluding hydrogens is 334 g/mol. The van der Waals surface area contributed by atoms with Crippen LogP contribution in [0.4, 0.5) is 0 Å². The van der Waals surface area contributed by atoms with E-state index in [0.29, 0.717) is 19.7 Å². The lowest BCUT2D eigenvalue weighted by atomic mass is 10.1. The van der Waals surface area contributed by atoms with E-state index < -0.39 is 6.10 Å². The zero-order valence-corrected chi connectivity index (χ0v) is 13.7. The van der Waals surface area contributed by atoms with Crippen LogP contribution >= 0.6 is 15.9 Å². The number of ether oxygens (including phenoxy) is 2. The Kier molecular flexibility index (Phi) is 5.16. The van der Waals surface area contributed by atoms with Crippen LogP contribution in [-0.4, -0.2) is 37.6 Å². The summed E-state index contributed by atoms with van der Waals surface area (Å²) >= 11 is 3.54. The van der Waals surface area contributed by atoms with E-state index in [1.165, 1.54) is 18.4 Å². The van der Waals surface area contributed by atoms with Gasteiger partial charge in [0.15, 0.2) is 0 Å². The summed E-state index contributed by atoms with van der Waals surface area (Å²) in [5.41, 5.74) is 2.40. The van der Waals surface area contributed by atoms with Gasteiger partial charge in [-0.25, -0.2) is 0 Å². The molecule has 2 aliphatic rings. The van der Waals surface area contributed by atoms with Crippen LogP contribution in [0.3, 0.4) is 0 Å². The van der Waals surface area contributed by atoms with Gasteiger partial charge in [0, 0.05) is 36.2 Å². The van der Waals surface area contributed by atoms with Gasteiger partial charge in [-0.15, -0.1) is 0 Å². The van der Waals surface area contributed by atoms with E-state index in [4.69, 9.17) is 9.47 Å². The monoisotopic (exact) mass is 355 g/mol. The summed E-state index contributed by atoms with van der Waals surface area (Å²) in [4.78, 5) is 0. The minimum absolute atomic E-state index is 0.413. The predicted molar refractivity (Wildman–Crippen MR) is 84.6 cm³/mol. The van der Waals surface area contributed by atoms with Gasteiger partial charge in [-0.05, 0) is 36.5 Å². The number of hydrogen-bond acceptors (Lipinski definition) is 4. The number of halogens is 1. The summed E-state index contributed by atoms with van der Waals surface area (Å²) in [6.45, 7) is 3.20. The summed E-state index contributed by atoms with van der Waals surface area (Å²) in [5, 5.41) is 13.2. The van der Waals surface area contributed by atoms with Crippen LogP contribution in [0, 0.1) is 5.92 Å². The van der Waals surface area contributed by atoms with Gasteiger partial charge in [-0.2, -0.15) is 0 Å². The van der Waals surface area contributed by atoms with Crippen molar-refractivity contribution < 1.29 is 14.6 Å². The van der Waals surface area contributed by atoms with Crippen LogP contribution in [0.5, 0.6) is 5.75 Å². The fourth-order valence-electron chi connectivity index (χ4n) is 2.56. The molecule has 1 aromatic carbocycles. The summed E-state index contributed by atoms with van der Waals surface area (Å²) < 4.78 is 12.3. The molecule has 1 heterocycles. The van der Waals surface area contributed by atoms with Crippen LogP contribution in [0.2, 0.25) is 0 Å². The summed E-state index contributed by atoms with van der Waals surface area (Å²) in [5.74, 6) is 1.75. The van der Waals surface area contributed by atoms with Gasteiger partial charge >= 0.3 is 0 Å². The quantitative estimate of drug-likeness (QED) is 0.750. The molecule has 2 N–H and O–H groups in total. The molecule has 5 heteroatoms. The zero-order chi connectivity index (χ0) is 14.7. The average molecular weight is 356 g/mol. The number of nitrogens with one attached hydrogen (secondary N) is 1. The van der Waals surface area contributed by atoms with Gasteiger partial charge in [0.2, 0.25) is 0 Å². The molecule has 0 saturated heterocycles. The van der Waals surface area contributed by atoms with E-state index in [-0.39, 0.29) is 0 Å². The lowest BCUT2D eigenvalue weighted by Crippen LogP contribution is -2.30. The third-order valence-electron chi connectivity index (χ3n) is 3.88. The van der Waals surface area contributed by atoms with Crippen LogP contribution in [0.15, 0.2) is 16.6 Å². The van der Waals surface area contributed by atoms with Gasteiger partial charge in [0.1, 0.15) is 5.75 Å². The third kappa shape index (κ3) is 4.42. The number of aliphatic hydroxyl groups excluding tert-OH is 1. The standard InChI is InChI=1S/C16H22BrNO3/c17-14-5-12-3-4-21-16(12)13(6-14)7-18-8-15(19)10-20-9-11-1-2-11/h5-6,11,15,18-19H,1-4,7-10H2. The Morgan fingerprint density at radius 3 is 3.10 bits per heavy atom. The Morgan fingerprint density at radius 2 is 2.29 bits per heavy atom. The Morgan fingerprint density at radius 1 is 1.43 bits per heavy atom. The molecule has 0 aromatic heterocycles. The molecule has 0 spiro atoms. The lowest BCUT2D eigenvalue weighted by molar-refractivity contribution is 0.0324. The minimum atomic E-state index is -0.454. The topological polar surface area (TPSA) is 50.7 Å². The van der Waals surface area contributed by atoms with Crippen LogP contribution in [0.1, 0.15) is 24.0 Å². The van der Waals surface area contributed by atoms with Gasteiger partial charge in [0.05, 0.1) is 19.3 Å². The summed E-state index contributed by atoms with van der Waals surface area (Å²) in [6, 6.07) is 4.19. The average Bonchev–Trinajstić information content (AvgIpc) is 3.14. The molecule has 1 fully saturated rings. The summed E-state index contributed by atoms with van der Waals surface area (Å²) in [7, 11) is 0. The fraction of sp³-hybridized carbons (Fsp3) is 0.625. The van der Waals surface area contributed by atoms with Gasteiger partial charge in [0.25, 0.3) is 0 Å². The van der Waals surface area contributed by atoms with Crippen molar-refractivity contribution in [3.05, 3.63) is 27.7 Å². The second-order valence-electron chi connectivity index (χ2n) is 5.92. The molecule has 1 saturated carbocycles. The third-order valence-corrected chi connectivity index (χ3v) is 4.34. The Labute approximate surface area is 134 Å². The lowest BCUT2D eigenvalue weighted by Gasteiger charge is -2.14. The van der Waals surface area contributed by atoms with Crippen molar-refractivity contribution in [2.45, 2.75) is 31.9 Å². The Balaban J connectivity index is 1.42. The molecule has 116 valence electrons. The maximum Gasteiger partial charge on any atom is 0.127 e. The van der Waals surface area contributed by atoms with Crippen molar-refractivity contribution in [3.8, 4) is 5.75 Å². The van der Waals surface area contributed by atoms with Gasteiger partial charge in [-0.1, -0.05) is 15.9 Å². The zero-order valence-electron chi connectivity index (χ0n) is 12.1. The van der Waals surface area contributed by atoms with E-state index in [2.05, 4.69) is 33.4 Å². The van der Waals surface area contributed by atoms with E-state index in [1.54, 1.807) is 0 Å². The van der Waals surface area contributed by atoms with Crippen molar-refractivity contribution in [1.82, 2.24) is 5.32 Å². The number of rotatable bonds is 8. The normalized spacial score (nSPS) is 18.4. The van der Waals surface area contributed by atoms with Crippen LogP contribution < -0.4 is 10.1 Å². The first-order valence-corrected chi connectivity index (χ1v) is 8.42. The van der Waals surface area contributed by atoms with Crippen molar-refractivity contribution in [3.63, 3.8) is 0 Å². The van der Waals surface area contributed by atoms with E-state index in [0.717, 1.165) is 41.3 Å². The molecule has 1 aliphatic heterocycles. The van der Waals surface area contributed by atoms with E-state index in [9.17, 15) is 5.11 Å². The Hall–Kier alpha value is -0.620. The number of benzene rings is 1. The number of aliphatic hydroxyl groups is 1. The Bertz CT molecular complexity index is 491. The maximum absolute atomic E-state index is 9.88. The van der Waals surface area contributed by atoms with Crippen LogP contribution in [-0.2, 0) is 17.7 Å². The van der Waals surface area contributed by atoms with E-state index >= 15 is 0 Å². The first-order valence-electron chi connectivity index (χ1n) is 7.63. The van der Waals surface area contributed by atoms with Crippen molar-refractivity contribution in [1.29, 1.82) is 0 Å². The molecule has 4 nitrogen and oxygen atoms in total. The van der Waals surface area contributed by atoms with Crippen molar-refractivity contribution >= 4 is 15.9 Å². The molecule has 21 heavy (non-hydrogen) atoms. The van der Waals surface area contributed by atoms with E-state index in [1.807, 2.05) is 0 Å². The minimum Gasteiger partial charge on any atom is -0.493 e. The SMILES string of the molecule is OC(CNCc1cc(Br)cc2c1OCC2)COCC1CC1. The number of fused-ring (bicyclic) bond motifs is 1. The molecule has 3 rings (SSSR count). The number of hydrogen-bond donors (Lipinski definition) is 2. The molecule has 1 aromatic rings. The predicted octanol–water partition coefficient (Wildman–Crippen LogP) is 2.26. The fourth-order valence-corrected chi connectivity index (χ4v) is 3.12. The van der Waals surface area contributed by atoms with Gasteiger partial charge in [-0.3, -0.25) is 0 Å². The summed E-state index contributed by atoms with van der Waals surface area (Å²) in [6.07, 6.45) is 3.08. The molecule has 1 unspecified atom stereocenters. The maximum atomic E-state index is 9.88. The highest BCUT2D eigenvalue weighted by Gasteiger charge is 2.21. The van der Waals surface area contributed by atoms with Crippen molar-refractivity contribution in [2.75, 3.05) is 26.4 Å². The molecular formula is C16H22BrNO3. The molecule has 0 bridgehead atoms. The molecule has 1 aliphatic carbocycles. The smallest absolute Gasteiger partial charge is 0.127 e.